The van der Waals surface area contributed by atoms with E-state index >= 15 is 0 Å². The van der Waals surface area contributed by atoms with Crippen LogP contribution in [0, 0.1) is 18.2 Å². The predicted octanol–water partition coefficient (Wildman–Crippen LogP) is 3.55. The number of hydrogen-bond acceptors (Lipinski definition) is 2. The van der Waals surface area contributed by atoms with E-state index in [1.54, 1.807) is 6.07 Å². The first-order chi connectivity index (χ1) is 9.97. The second kappa shape index (κ2) is 4.88. The van der Waals surface area contributed by atoms with Gasteiger partial charge in [-0.1, -0.05) is 12.1 Å². The summed E-state index contributed by atoms with van der Waals surface area (Å²) in [7, 11) is 4.01. The quantitative estimate of drug-likeness (QED) is 0.913. The molecule has 0 spiro atoms. The summed E-state index contributed by atoms with van der Waals surface area (Å²) in [5.74, 6) is 0.0660. The van der Waals surface area contributed by atoms with Crippen molar-refractivity contribution in [3.8, 4) is 0 Å². The Morgan fingerprint density at radius 1 is 1.14 bits per heavy atom. The first kappa shape index (κ1) is 13.6. The summed E-state index contributed by atoms with van der Waals surface area (Å²) in [6.45, 7) is 2.68. The fourth-order valence-corrected chi connectivity index (χ4v) is 2.77. The third-order valence-electron chi connectivity index (χ3n) is 3.91. The van der Waals surface area contributed by atoms with Crippen LogP contribution in [0.3, 0.4) is 0 Å². The topological polar surface area (TPSA) is 30.3 Å². The first-order valence-electron chi connectivity index (χ1n) is 6.90. The van der Waals surface area contributed by atoms with E-state index in [1.807, 2.05) is 25.1 Å². The fourth-order valence-electron chi connectivity index (χ4n) is 2.77. The molecule has 0 saturated heterocycles. The average Bonchev–Trinajstić information content (AvgIpc) is 2.76. The molecule has 2 aromatic carbocycles. The van der Waals surface area contributed by atoms with E-state index in [9.17, 15) is 4.39 Å². The van der Waals surface area contributed by atoms with Gasteiger partial charge in [0, 0.05) is 31.0 Å². The molecule has 0 atom stereocenters. The van der Waals surface area contributed by atoms with Crippen molar-refractivity contribution in [1.29, 1.82) is 5.41 Å². The summed E-state index contributed by atoms with van der Waals surface area (Å²) in [6.07, 6.45) is 0. The Morgan fingerprint density at radius 3 is 2.62 bits per heavy atom. The summed E-state index contributed by atoms with van der Waals surface area (Å²) < 4.78 is 13.4. The lowest BCUT2D eigenvalue weighted by Gasteiger charge is -2.22. The van der Waals surface area contributed by atoms with Crippen LogP contribution in [0.1, 0.15) is 16.7 Å². The van der Waals surface area contributed by atoms with Crippen molar-refractivity contribution in [1.82, 2.24) is 0 Å². The van der Waals surface area contributed by atoms with Crippen molar-refractivity contribution in [2.45, 2.75) is 13.5 Å². The van der Waals surface area contributed by atoms with Gasteiger partial charge in [-0.3, -0.25) is 5.41 Å². The number of nitrogens with one attached hydrogen (secondary N) is 1. The molecule has 0 unspecified atom stereocenters. The molecule has 4 heteroatoms. The van der Waals surface area contributed by atoms with E-state index in [-0.39, 0.29) is 5.82 Å². The van der Waals surface area contributed by atoms with Gasteiger partial charge >= 0.3 is 0 Å². The SMILES string of the molecule is Cc1ccc(N2Cc3ccc(F)cc3C2=N)cc1N(C)C. The largest absolute Gasteiger partial charge is 0.377 e. The van der Waals surface area contributed by atoms with Crippen LogP contribution < -0.4 is 9.80 Å². The number of rotatable bonds is 2. The Hall–Kier alpha value is -2.36. The summed E-state index contributed by atoms with van der Waals surface area (Å²) in [5, 5.41) is 8.30. The van der Waals surface area contributed by atoms with Gasteiger partial charge < -0.3 is 9.80 Å². The van der Waals surface area contributed by atoms with Crippen molar-refractivity contribution in [2.75, 3.05) is 23.9 Å². The molecule has 0 saturated carbocycles. The molecule has 108 valence electrons. The average molecular weight is 283 g/mol. The molecule has 3 rings (SSSR count). The molecular weight excluding hydrogens is 265 g/mol. The van der Waals surface area contributed by atoms with Gasteiger partial charge in [0.15, 0.2) is 0 Å². The molecule has 1 N–H and O–H groups in total. The first-order valence-corrected chi connectivity index (χ1v) is 6.90. The Kier molecular flexibility index (Phi) is 3.16. The lowest BCUT2D eigenvalue weighted by atomic mass is 10.1. The number of hydrogen-bond donors (Lipinski definition) is 1. The van der Waals surface area contributed by atoms with Gasteiger partial charge in [-0.2, -0.15) is 0 Å². The Bertz CT molecular complexity index is 722. The predicted molar refractivity (Wildman–Crippen MR) is 84.9 cm³/mol. The van der Waals surface area contributed by atoms with Crippen molar-refractivity contribution >= 4 is 17.2 Å². The molecular formula is C17H18FN3. The van der Waals surface area contributed by atoms with E-state index in [1.165, 1.54) is 17.7 Å². The van der Waals surface area contributed by atoms with E-state index in [4.69, 9.17) is 5.41 Å². The number of halogens is 1. The highest BCUT2D eigenvalue weighted by molar-refractivity contribution is 6.11. The van der Waals surface area contributed by atoms with Crippen LogP contribution in [-0.4, -0.2) is 19.9 Å². The number of aryl methyl sites for hydroxylation is 1. The van der Waals surface area contributed by atoms with Crippen molar-refractivity contribution in [2.24, 2.45) is 0 Å². The van der Waals surface area contributed by atoms with Gasteiger partial charge in [-0.25, -0.2) is 4.39 Å². The van der Waals surface area contributed by atoms with Gasteiger partial charge in [0.05, 0.1) is 6.54 Å². The molecule has 3 nitrogen and oxygen atoms in total. The Morgan fingerprint density at radius 2 is 1.90 bits per heavy atom. The minimum Gasteiger partial charge on any atom is -0.377 e. The third-order valence-corrected chi connectivity index (χ3v) is 3.91. The van der Waals surface area contributed by atoms with Crippen LogP contribution in [0.15, 0.2) is 36.4 Å². The highest BCUT2D eigenvalue weighted by atomic mass is 19.1. The highest BCUT2D eigenvalue weighted by Gasteiger charge is 2.26. The lowest BCUT2D eigenvalue weighted by Crippen LogP contribution is -2.23. The molecule has 0 aliphatic carbocycles. The summed E-state index contributed by atoms with van der Waals surface area (Å²) in [5.41, 5.74) is 4.96. The molecule has 0 aromatic heterocycles. The monoisotopic (exact) mass is 283 g/mol. The molecule has 1 heterocycles. The van der Waals surface area contributed by atoms with E-state index in [2.05, 4.69) is 24.0 Å². The van der Waals surface area contributed by atoms with Crippen LogP contribution in [0.2, 0.25) is 0 Å². The van der Waals surface area contributed by atoms with Crippen LogP contribution >= 0.6 is 0 Å². The van der Waals surface area contributed by atoms with Crippen molar-refractivity contribution < 1.29 is 4.39 Å². The number of anilines is 2. The van der Waals surface area contributed by atoms with Crippen LogP contribution in [0.4, 0.5) is 15.8 Å². The number of benzene rings is 2. The normalized spacial score (nSPS) is 13.5. The molecule has 0 fully saturated rings. The Labute approximate surface area is 124 Å². The lowest BCUT2D eigenvalue weighted by molar-refractivity contribution is 0.627. The van der Waals surface area contributed by atoms with E-state index < -0.39 is 0 Å². The maximum absolute atomic E-state index is 13.4. The van der Waals surface area contributed by atoms with Crippen LogP contribution in [-0.2, 0) is 6.54 Å². The van der Waals surface area contributed by atoms with E-state index in [0.717, 1.165) is 16.9 Å². The second-order valence-corrected chi connectivity index (χ2v) is 5.60. The minimum absolute atomic E-state index is 0.293. The zero-order valence-corrected chi connectivity index (χ0v) is 12.4. The second-order valence-electron chi connectivity index (χ2n) is 5.60. The van der Waals surface area contributed by atoms with Gasteiger partial charge in [0.25, 0.3) is 0 Å². The summed E-state index contributed by atoms with van der Waals surface area (Å²) >= 11 is 0. The summed E-state index contributed by atoms with van der Waals surface area (Å²) in [6, 6.07) is 10.8. The van der Waals surface area contributed by atoms with Gasteiger partial charge in [0.2, 0.25) is 0 Å². The van der Waals surface area contributed by atoms with Gasteiger partial charge in [-0.05, 0) is 42.3 Å². The van der Waals surface area contributed by atoms with Crippen LogP contribution in [0.25, 0.3) is 0 Å². The minimum atomic E-state index is -0.293. The molecule has 0 amide bonds. The van der Waals surface area contributed by atoms with Gasteiger partial charge in [0.1, 0.15) is 11.7 Å². The summed E-state index contributed by atoms with van der Waals surface area (Å²) in [4.78, 5) is 3.97. The molecule has 2 aromatic rings. The number of amidine groups is 1. The zero-order chi connectivity index (χ0) is 15.1. The zero-order valence-electron chi connectivity index (χ0n) is 12.4. The molecule has 21 heavy (non-hydrogen) atoms. The maximum atomic E-state index is 13.4. The van der Waals surface area contributed by atoms with Crippen LogP contribution in [0.5, 0.6) is 0 Å². The number of fused-ring (bicyclic) bond motifs is 1. The maximum Gasteiger partial charge on any atom is 0.133 e. The van der Waals surface area contributed by atoms with E-state index in [0.29, 0.717) is 17.9 Å². The van der Waals surface area contributed by atoms with Gasteiger partial charge in [-0.15, -0.1) is 0 Å². The molecule has 0 bridgehead atoms. The Balaban J connectivity index is 2.00. The smallest absolute Gasteiger partial charge is 0.133 e. The number of nitrogens with zero attached hydrogens (tertiary/aromatic N) is 2. The van der Waals surface area contributed by atoms with Crippen molar-refractivity contribution in [3.63, 3.8) is 0 Å². The highest BCUT2D eigenvalue weighted by Crippen LogP contribution is 2.32. The fraction of sp³-hybridized carbons (Fsp3) is 0.235. The standard InChI is InChI=1S/C17H18FN3/c1-11-4-7-14(9-16(11)20(2)3)21-10-12-5-6-13(18)8-15(12)17(21)19/h4-9,19H,10H2,1-3H3. The molecule has 1 aliphatic rings. The molecule has 1 aliphatic heterocycles. The molecule has 0 radical (unpaired) electrons. The third kappa shape index (κ3) is 2.27. The van der Waals surface area contributed by atoms with Crippen molar-refractivity contribution in [3.05, 3.63) is 58.9 Å².